The zero-order valence-corrected chi connectivity index (χ0v) is 18.8. The van der Waals surface area contributed by atoms with E-state index in [2.05, 4.69) is 19.7 Å². The summed E-state index contributed by atoms with van der Waals surface area (Å²) >= 11 is 0. The van der Waals surface area contributed by atoms with E-state index in [-0.39, 0.29) is 28.6 Å². The second-order valence-electron chi connectivity index (χ2n) is 7.94. The number of fused-ring (bicyclic) bond motifs is 1. The molecular formula is C27H26O6. The minimum Gasteiger partial charge on any atom is -0.462 e. The molecule has 6 heteroatoms. The average molecular weight is 446 g/mol. The highest BCUT2D eigenvalue weighted by Gasteiger charge is 2.26. The van der Waals surface area contributed by atoms with Crippen molar-refractivity contribution in [2.45, 2.75) is 32.6 Å². The summed E-state index contributed by atoms with van der Waals surface area (Å²) in [5.74, 6) is -1.36. The standard InChI is InChI=1S/C27H26O6/c1-6-25(28)31-15-19-10-12-22-20(8-7-9-21(19)22)18-11-13-23(32-26(29)16(2)3)24(14-18)33-27(30)17(4)5/h6-9,11,13-14,19H,1-2,4,10,12,15H2,3,5H3. The lowest BCUT2D eigenvalue weighted by atomic mass is 9.94. The second-order valence-corrected chi connectivity index (χ2v) is 7.94. The molecule has 0 amide bonds. The summed E-state index contributed by atoms with van der Waals surface area (Å²) in [5.41, 5.74) is 4.46. The topological polar surface area (TPSA) is 78.9 Å². The minimum atomic E-state index is -0.623. The van der Waals surface area contributed by atoms with E-state index in [1.165, 1.54) is 13.8 Å². The summed E-state index contributed by atoms with van der Waals surface area (Å²) in [7, 11) is 0. The lowest BCUT2D eigenvalue weighted by molar-refractivity contribution is -0.138. The van der Waals surface area contributed by atoms with Crippen LogP contribution in [-0.2, 0) is 25.5 Å². The van der Waals surface area contributed by atoms with Crippen molar-refractivity contribution in [3.8, 4) is 22.6 Å². The first-order valence-electron chi connectivity index (χ1n) is 10.5. The van der Waals surface area contributed by atoms with Gasteiger partial charge in [-0.2, -0.15) is 0 Å². The SMILES string of the molecule is C=CC(=O)OCC1CCc2c(-c3ccc(OC(=O)C(=C)C)c(OC(=O)C(=C)C)c3)cccc21. The Bertz CT molecular complexity index is 1160. The smallest absolute Gasteiger partial charge is 0.338 e. The fourth-order valence-corrected chi connectivity index (χ4v) is 3.64. The Morgan fingerprint density at radius 1 is 1.00 bits per heavy atom. The molecule has 0 bridgehead atoms. The van der Waals surface area contributed by atoms with Crippen LogP contribution in [0.1, 0.15) is 37.3 Å². The summed E-state index contributed by atoms with van der Waals surface area (Å²) in [5, 5.41) is 0. The van der Waals surface area contributed by atoms with Gasteiger partial charge in [0.25, 0.3) is 0 Å². The van der Waals surface area contributed by atoms with Gasteiger partial charge in [-0.25, -0.2) is 14.4 Å². The molecular weight excluding hydrogens is 420 g/mol. The Labute approximate surface area is 193 Å². The zero-order chi connectivity index (χ0) is 24.1. The lowest BCUT2D eigenvalue weighted by Crippen LogP contribution is -2.13. The number of benzene rings is 2. The van der Waals surface area contributed by atoms with Gasteiger partial charge >= 0.3 is 17.9 Å². The number of hydrogen-bond acceptors (Lipinski definition) is 6. The first-order chi connectivity index (χ1) is 15.7. The van der Waals surface area contributed by atoms with Gasteiger partial charge in [-0.15, -0.1) is 0 Å². The molecule has 0 fully saturated rings. The molecule has 0 N–H and O–H groups in total. The lowest BCUT2D eigenvalue weighted by Gasteiger charge is -2.15. The molecule has 0 spiro atoms. The fraction of sp³-hybridized carbons (Fsp3) is 0.222. The van der Waals surface area contributed by atoms with Gasteiger partial charge in [-0.3, -0.25) is 0 Å². The Kier molecular flexibility index (Phi) is 7.28. The molecule has 0 heterocycles. The predicted molar refractivity (Wildman–Crippen MR) is 125 cm³/mol. The Balaban J connectivity index is 1.97. The molecule has 0 saturated carbocycles. The van der Waals surface area contributed by atoms with Crippen LogP contribution >= 0.6 is 0 Å². The number of rotatable bonds is 8. The van der Waals surface area contributed by atoms with Crippen molar-refractivity contribution in [2.24, 2.45) is 0 Å². The molecule has 0 saturated heterocycles. The predicted octanol–water partition coefficient (Wildman–Crippen LogP) is 5.08. The quantitative estimate of drug-likeness (QED) is 0.320. The number of carbonyl (C=O) groups excluding carboxylic acids is 3. The third-order valence-corrected chi connectivity index (χ3v) is 5.35. The van der Waals surface area contributed by atoms with Gasteiger partial charge in [-0.1, -0.05) is 44.0 Å². The van der Waals surface area contributed by atoms with Crippen molar-refractivity contribution < 1.29 is 28.6 Å². The van der Waals surface area contributed by atoms with E-state index in [0.717, 1.165) is 41.2 Å². The van der Waals surface area contributed by atoms with Crippen molar-refractivity contribution in [3.05, 3.63) is 84.5 Å². The van der Waals surface area contributed by atoms with Gasteiger partial charge in [0.2, 0.25) is 0 Å². The van der Waals surface area contributed by atoms with E-state index >= 15 is 0 Å². The minimum absolute atomic E-state index is 0.0976. The number of esters is 3. The molecule has 0 aliphatic heterocycles. The molecule has 33 heavy (non-hydrogen) atoms. The summed E-state index contributed by atoms with van der Waals surface area (Å²) in [4.78, 5) is 35.7. The van der Waals surface area contributed by atoms with Crippen LogP contribution in [-0.4, -0.2) is 24.5 Å². The van der Waals surface area contributed by atoms with Gasteiger partial charge < -0.3 is 14.2 Å². The van der Waals surface area contributed by atoms with E-state index in [9.17, 15) is 14.4 Å². The van der Waals surface area contributed by atoms with Gasteiger partial charge in [0, 0.05) is 23.1 Å². The number of hydrogen-bond donors (Lipinski definition) is 0. The number of carbonyl (C=O) groups is 3. The van der Waals surface area contributed by atoms with Crippen LogP contribution in [0.15, 0.2) is 73.4 Å². The average Bonchev–Trinajstić information content (AvgIpc) is 3.21. The van der Waals surface area contributed by atoms with Crippen LogP contribution in [0.3, 0.4) is 0 Å². The van der Waals surface area contributed by atoms with Gasteiger partial charge in [0.05, 0.1) is 6.61 Å². The molecule has 0 aromatic heterocycles. The van der Waals surface area contributed by atoms with Crippen LogP contribution in [0.5, 0.6) is 11.5 Å². The fourth-order valence-electron chi connectivity index (χ4n) is 3.64. The highest BCUT2D eigenvalue weighted by Crippen LogP contribution is 2.41. The highest BCUT2D eigenvalue weighted by atomic mass is 16.6. The maximum atomic E-state index is 12.2. The summed E-state index contributed by atoms with van der Waals surface area (Å²) in [6.45, 7) is 14.0. The molecule has 0 radical (unpaired) electrons. The van der Waals surface area contributed by atoms with E-state index in [4.69, 9.17) is 14.2 Å². The van der Waals surface area contributed by atoms with E-state index < -0.39 is 17.9 Å². The van der Waals surface area contributed by atoms with Crippen molar-refractivity contribution in [2.75, 3.05) is 6.61 Å². The van der Waals surface area contributed by atoms with E-state index in [0.29, 0.717) is 6.61 Å². The summed E-state index contributed by atoms with van der Waals surface area (Å²) < 4.78 is 16.1. The van der Waals surface area contributed by atoms with Crippen molar-refractivity contribution >= 4 is 17.9 Å². The maximum absolute atomic E-state index is 12.2. The van der Waals surface area contributed by atoms with Crippen molar-refractivity contribution in [3.63, 3.8) is 0 Å². The van der Waals surface area contributed by atoms with Crippen LogP contribution in [0.2, 0.25) is 0 Å². The number of ether oxygens (including phenoxy) is 3. The van der Waals surface area contributed by atoms with E-state index in [1.807, 2.05) is 18.2 Å². The Morgan fingerprint density at radius 2 is 1.67 bits per heavy atom. The molecule has 6 nitrogen and oxygen atoms in total. The third-order valence-electron chi connectivity index (χ3n) is 5.35. The van der Waals surface area contributed by atoms with Crippen molar-refractivity contribution in [1.29, 1.82) is 0 Å². The van der Waals surface area contributed by atoms with Crippen LogP contribution in [0.4, 0.5) is 0 Å². The van der Waals surface area contributed by atoms with Crippen LogP contribution in [0.25, 0.3) is 11.1 Å². The molecule has 2 aromatic rings. The highest BCUT2D eigenvalue weighted by molar-refractivity contribution is 5.91. The molecule has 1 unspecified atom stereocenters. The van der Waals surface area contributed by atoms with Crippen LogP contribution < -0.4 is 9.47 Å². The molecule has 2 aromatic carbocycles. The second kappa shape index (κ2) is 10.1. The third kappa shape index (κ3) is 5.47. The molecule has 170 valence electrons. The molecule has 1 aliphatic carbocycles. The first kappa shape index (κ1) is 23.7. The largest absolute Gasteiger partial charge is 0.462 e. The monoisotopic (exact) mass is 446 g/mol. The maximum Gasteiger partial charge on any atom is 0.338 e. The van der Waals surface area contributed by atoms with Crippen LogP contribution in [0, 0.1) is 0 Å². The first-order valence-corrected chi connectivity index (χ1v) is 10.5. The normalized spacial score (nSPS) is 14.1. The van der Waals surface area contributed by atoms with Crippen molar-refractivity contribution in [1.82, 2.24) is 0 Å². The molecule has 1 aliphatic rings. The Morgan fingerprint density at radius 3 is 2.30 bits per heavy atom. The summed E-state index contributed by atoms with van der Waals surface area (Å²) in [6.07, 6.45) is 2.82. The van der Waals surface area contributed by atoms with E-state index in [1.54, 1.807) is 18.2 Å². The molecule has 3 rings (SSSR count). The Hall–Kier alpha value is -3.93. The summed E-state index contributed by atoms with van der Waals surface area (Å²) in [6, 6.07) is 11.0. The zero-order valence-electron chi connectivity index (χ0n) is 18.8. The van der Waals surface area contributed by atoms with Gasteiger partial charge in [-0.05, 0) is 61.1 Å². The molecule has 1 atom stereocenters. The van der Waals surface area contributed by atoms with Gasteiger partial charge in [0.1, 0.15) is 0 Å². The van der Waals surface area contributed by atoms with Gasteiger partial charge in [0.15, 0.2) is 11.5 Å².